The number of thioether (sulfide) groups is 2. The highest BCUT2D eigenvalue weighted by Gasteiger charge is 2.33. The standard InChI is InChI=1S/C17H16O5S2/c1-10(18)21-14-9-13(11-3-5-12(20-2)6-4-11)22-16(19)15(14)17-23-7-8-24-17/h3-6,9,13H,7-8H2,1-2H3. The highest BCUT2D eigenvalue weighted by atomic mass is 32.2. The minimum absolute atomic E-state index is 0.275. The SMILES string of the molecule is COc1ccc(C2C=C(OC(C)=O)C(=C3SCCS3)C(=O)O2)cc1. The van der Waals surface area contributed by atoms with Gasteiger partial charge in [-0.15, -0.1) is 23.5 Å². The van der Waals surface area contributed by atoms with E-state index in [0.717, 1.165) is 21.3 Å². The van der Waals surface area contributed by atoms with E-state index in [9.17, 15) is 9.59 Å². The van der Waals surface area contributed by atoms with Gasteiger partial charge in [-0.25, -0.2) is 4.79 Å². The summed E-state index contributed by atoms with van der Waals surface area (Å²) in [4.78, 5) is 24.0. The van der Waals surface area contributed by atoms with Crippen LogP contribution >= 0.6 is 23.5 Å². The molecule has 0 aromatic heterocycles. The lowest BCUT2D eigenvalue weighted by Gasteiger charge is -2.24. The van der Waals surface area contributed by atoms with Crippen molar-refractivity contribution in [2.75, 3.05) is 18.6 Å². The number of hydrogen-bond acceptors (Lipinski definition) is 7. The molecule has 0 spiro atoms. The van der Waals surface area contributed by atoms with Gasteiger partial charge < -0.3 is 14.2 Å². The fraction of sp³-hybridized carbons (Fsp3) is 0.294. The van der Waals surface area contributed by atoms with Gasteiger partial charge in [-0.3, -0.25) is 4.79 Å². The van der Waals surface area contributed by atoms with E-state index in [1.165, 1.54) is 6.92 Å². The van der Waals surface area contributed by atoms with Crippen LogP contribution in [0.1, 0.15) is 18.6 Å². The van der Waals surface area contributed by atoms with Gasteiger partial charge in [0.25, 0.3) is 0 Å². The highest BCUT2D eigenvalue weighted by molar-refractivity contribution is 8.25. The van der Waals surface area contributed by atoms with Crippen molar-refractivity contribution < 1.29 is 23.8 Å². The molecule has 1 fully saturated rings. The minimum Gasteiger partial charge on any atom is -0.497 e. The van der Waals surface area contributed by atoms with Crippen molar-refractivity contribution in [3.8, 4) is 5.75 Å². The van der Waals surface area contributed by atoms with Gasteiger partial charge in [-0.1, -0.05) is 12.1 Å². The summed E-state index contributed by atoms with van der Waals surface area (Å²) in [5.41, 5.74) is 1.13. The van der Waals surface area contributed by atoms with Crippen LogP contribution in [0, 0.1) is 0 Å². The zero-order chi connectivity index (χ0) is 17.1. The normalized spacial score (nSPS) is 20.5. The van der Waals surface area contributed by atoms with Crippen LogP contribution in [0.15, 0.2) is 45.9 Å². The molecule has 0 N–H and O–H groups in total. The maximum Gasteiger partial charge on any atom is 0.344 e. The molecule has 0 bridgehead atoms. The second kappa shape index (κ2) is 7.36. The summed E-state index contributed by atoms with van der Waals surface area (Å²) >= 11 is 3.16. The Labute approximate surface area is 148 Å². The Bertz CT molecular complexity index is 713. The summed E-state index contributed by atoms with van der Waals surface area (Å²) in [5.74, 6) is 1.91. The average molecular weight is 364 g/mol. The number of carbonyl (C=O) groups excluding carboxylic acids is 2. The summed E-state index contributed by atoms with van der Waals surface area (Å²) in [6, 6.07) is 7.21. The zero-order valence-electron chi connectivity index (χ0n) is 13.2. The Morgan fingerprint density at radius 2 is 1.88 bits per heavy atom. The van der Waals surface area contributed by atoms with E-state index in [4.69, 9.17) is 14.2 Å². The monoisotopic (exact) mass is 364 g/mol. The van der Waals surface area contributed by atoms with E-state index in [-0.39, 0.29) is 5.76 Å². The Kier molecular flexibility index (Phi) is 5.20. The van der Waals surface area contributed by atoms with Gasteiger partial charge in [-0.2, -0.15) is 0 Å². The second-order valence-electron chi connectivity index (χ2n) is 5.08. The highest BCUT2D eigenvalue weighted by Crippen LogP contribution is 2.43. The molecule has 0 amide bonds. The van der Waals surface area contributed by atoms with Gasteiger partial charge in [0.15, 0.2) is 0 Å². The molecule has 0 saturated carbocycles. The fourth-order valence-corrected chi connectivity index (χ4v) is 4.89. The molecule has 3 rings (SSSR count). The van der Waals surface area contributed by atoms with Gasteiger partial charge in [0.1, 0.15) is 23.2 Å². The molecule has 1 atom stereocenters. The largest absolute Gasteiger partial charge is 0.497 e. The van der Waals surface area contributed by atoms with Gasteiger partial charge in [0.2, 0.25) is 0 Å². The number of methoxy groups -OCH3 is 1. The molecule has 1 saturated heterocycles. The van der Waals surface area contributed by atoms with Gasteiger partial charge >= 0.3 is 11.9 Å². The van der Waals surface area contributed by atoms with Crippen molar-refractivity contribution in [1.82, 2.24) is 0 Å². The molecular weight excluding hydrogens is 348 g/mol. The van der Waals surface area contributed by atoms with Crippen molar-refractivity contribution in [2.45, 2.75) is 13.0 Å². The van der Waals surface area contributed by atoms with Crippen LogP contribution in [0.3, 0.4) is 0 Å². The smallest absolute Gasteiger partial charge is 0.344 e. The van der Waals surface area contributed by atoms with Crippen LogP contribution in [0.25, 0.3) is 0 Å². The lowest BCUT2D eigenvalue weighted by atomic mass is 10.0. The van der Waals surface area contributed by atoms with E-state index < -0.39 is 18.0 Å². The molecule has 2 aliphatic heterocycles. The Morgan fingerprint density at radius 1 is 1.21 bits per heavy atom. The van der Waals surface area contributed by atoms with Crippen LogP contribution in [0.5, 0.6) is 5.75 Å². The topological polar surface area (TPSA) is 61.8 Å². The van der Waals surface area contributed by atoms with E-state index in [1.807, 2.05) is 12.1 Å². The van der Waals surface area contributed by atoms with Crippen LogP contribution in [0.4, 0.5) is 0 Å². The first kappa shape index (κ1) is 17.0. The first-order valence-electron chi connectivity index (χ1n) is 7.34. The Balaban J connectivity index is 1.97. The van der Waals surface area contributed by atoms with Crippen LogP contribution in [-0.4, -0.2) is 30.6 Å². The molecule has 2 heterocycles. The maximum absolute atomic E-state index is 12.5. The molecule has 1 unspecified atom stereocenters. The molecule has 1 aromatic carbocycles. The van der Waals surface area contributed by atoms with Gasteiger partial charge in [0, 0.05) is 24.5 Å². The maximum atomic E-state index is 12.5. The van der Waals surface area contributed by atoms with Crippen molar-refractivity contribution in [1.29, 1.82) is 0 Å². The third-order valence-corrected chi connectivity index (χ3v) is 6.15. The van der Waals surface area contributed by atoms with Crippen molar-refractivity contribution in [2.24, 2.45) is 0 Å². The van der Waals surface area contributed by atoms with Crippen LogP contribution in [0.2, 0.25) is 0 Å². The summed E-state index contributed by atoms with van der Waals surface area (Å²) < 4.78 is 16.8. The first-order valence-corrected chi connectivity index (χ1v) is 9.31. The number of rotatable bonds is 3. The van der Waals surface area contributed by atoms with E-state index in [2.05, 4.69) is 0 Å². The number of ether oxygens (including phenoxy) is 3. The summed E-state index contributed by atoms with van der Waals surface area (Å²) in [7, 11) is 1.59. The second-order valence-corrected chi connectivity index (χ2v) is 7.55. The minimum atomic E-state index is -0.599. The molecule has 2 aliphatic rings. The van der Waals surface area contributed by atoms with Crippen LogP contribution < -0.4 is 4.74 Å². The van der Waals surface area contributed by atoms with Crippen molar-refractivity contribution in [3.63, 3.8) is 0 Å². The van der Waals surface area contributed by atoms with Gasteiger partial charge in [-0.05, 0) is 17.7 Å². The quantitative estimate of drug-likeness (QED) is 0.601. The molecular formula is C17H16O5S2. The lowest BCUT2D eigenvalue weighted by molar-refractivity contribution is -0.145. The predicted octanol–water partition coefficient (Wildman–Crippen LogP) is 3.43. The number of hydrogen-bond donors (Lipinski definition) is 0. The number of carbonyl (C=O) groups is 2. The zero-order valence-corrected chi connectivity index (χ0v) is 14.9. The number of benzene rings is 1. The molecule has 1 aromatic rings. The summed E-state index contributed by atoms with van der Waals surface area (Å²) in [5, 5.41) is 0. The molecule has 126 valence electrons. The van der Waals surface area contributed by atoms with Crippen molar-refractivity contribution >= 4 is 35.5 Å². The third-order valence-electron chi connectivity index (χ3n) is 3.44. The Morgan fingerprint density at radius 3 is 2.46 bits per heavy atom. The Hall–Kier alpha value is -1.86. The van der Waals surface area contributed by atoms with E-state index in [0.29, 0.717) is 11.3 Å². The predicted molar refractivity (Wildman–Crippen MR) is 93.6 cm³/mol. The molecule has 7 heteroatoms. The van der Waals surface area contributed by atoms with E-state index >= 15 is 0 Å². The third kappa shape index (κ3) is 3.62. The molecule has 24 heavy (non-hydrogen) atoms. The first-order chi connectivity index (χ1) is 11.6. The summed E-state index contributed by atoms with van der Waals surface area (Å²) in [6.07, 6.45) is 1.07. The number of esters is 2. The van der Waals surface area contributed by atoms with Gasteiger partial charge in [0.05, 0.1) is 11.3 Å². The molecule has 0 radical (unpaired) electrons. The van der Waals surface area contributed by atoms with Crippen LogP contribution in [-0.2, 0) is 19.1 Å². The lowest BCUT2D eigenvalue weighted by Crippen LogP contribution is -2.22. The number of cyclic esters (lactones) is 1. The fourth-order valence-electron chi connectivity index (χ4n) is 2.37. The van der Waals surface area contributed by atoms with E-state index in [1.54, 1.807) is 48.8 Å². The van der Waals surface area contributed by atoms with Crippen molar-refractivity contribution in [3.05, 3.63) is 51.5 Å². The average Bonchev–Trinajstić information content (AvgIpc) is 3.08. The molecule has 0 aliphatic carbocycles. The summed E-state index contributed by atoms with van der Waals surface area (Å²) in [6.45, 7) is 1.32. The molecule has 5 nitrogen and oxygen atoms in total.